The molecule has 0 amide bonds. The number of para-hydroxylation sites is 1. The molecule has 1 aromatic carbocycles. The molecule has 4 heterocycles. The van der Waals surface area contributed by atoms with Crippen molar-refractivity contribution in [2.24, 2.45) is 18.9 Å². The lowest BCUT2D eigenvalue weighted by molar-refractivity contribution is 0.533. The van der Waals surface area contributed by atoms with Gasteiger partial charge in [-0.3, -0.25) is 4.68 Å². The number of nitrogens with zero attached hydrogens (tertiary/aromatic N) is 6. The van der Waals surface area contributed by atoms with E-state index in [1.807, 2.05) is 17.9 Å². The quantitative estimate of drug-likeness (QED) is 0.722. The molecule has 2 saturated heterocycles. The van der Waals surface area contributed by atoms with Crippen LogP contribution in [0.4, 0.5) is 11.5 Å². The lowest BCUT2D eigenvalue weighted by Gasteiger charge is -2.24. The van der Waals surface area contributed by atoms with Crippen molar-refractivity contribution < 1.29 is 0 Å². The van der Waals surface area contributed by atoms with E-state index in [2.05, 4.69) is 55.2 Å². The Bertz CT molecular complexity index is 860. The molecule has 2 aromatic heterocycles. The average molecular weight is 320 g/mol. The van der Waals surface area contributed by atoms with Crippen LogP contribution in [0.1, 0.15) is 0 Å². The predicted molar refractivity (Wildman–Crippen MR) is 94.2 cm³/mol. The highest BCUT2D eigenvalue weighted by Crippen LogP contribution is 2.36. The smallest absolute Gasteiger partial charge is 0.163 e. The van der Waals surface area contributed by atoms with Gasteiger partial charge in [0.1, 0.15) is 12.1 Å². The van der Waals surface area contributed by atoms with E-state index in [9.17, 15) is 0 Å². The molecule has 0 saturated carbocycles. The van der Waals surface area contributed by atoms with E-state index in [0.717, 1.165) is 43.0 Å². The summed E-state index contributed by atoms with van der Waals surface area (Å²) in [5.41, 5.74) is 2.25. The van der Waals surface area contributed by atoms with Gasteiger partial charge in [-0.15, -0.1) is 0 Å². The van der Waals surface area contributed by atoms with Gasteiger partial charge in [-0.05, 0) is 12.1 Å². The van der Waals surface area contributed by atoms with Crippen LogP contribution >= 0.6 is 0 Å². The molecule has 5 rings (SSSR count). The highest BCUT2D eigenvalue weighted by atomic mass is 15.3. The van der Waals surface area contributed by atoms with Crippen molar-refractivity contribution in [2.75, 3.05) is 36.0 Å². The molecule has 3 aromatic rings. The maximum absolute atomic E-state index is 4.55. The summed E-state index contributed by atoms with van der Waals surface area (Å²) in [6.45, 7) is 4.39. The maximum Gasteiger partial charge on any atom is 0.163 e. The van der Waals surface area contributed by atoms with Gasteiger partial charge < -0.3 is 9.80 Å². The second-order valence-corrected chi connectivity index (χ2v) is 6.87. The van der Waals surface area contributed by atoms with E-state index in [-0.39, 0.29) is 0 Å². The monoisotopic (exact) mass is 320 g/mol. The van der Waals surface area contributed by atoms with Gasteiger partial charge in [-0.1, -0.05) is 18.2 Å². The molecule has 0 N–H and O–H groups in total. The minimum absolute atomic E-state index is 0.701. The summed E-state index contributed by atoms with van der Waals surface area (Å²) in [6.07, 6.45) is 3.54. The molecule has 6 heteroatoms. The van der Waals surface area contributed by atoms with Gasteiger partial charge in [0.25, 0.3) is 0 Å². The van der Waals surface area contributed by atoms with Gasteiger partial charge in [0.15, 0.2) is 5.65 Å². The molecule has 2 aliphatic heterocycles. The molecule has 6 nitrogen and oxygen atoms in total. The molecule has 24 heavy (non-hydrogen) atoms. The van der Waals surface area contributed by atoms with E-state index in [1.165, 1.54) is 5.69 Å². The van der Waals surface area contributed by atoms with Crippen LogP contribution in [0, 0.1) is 11.8 Å². The first kappa shape index (κ1) is 13.8. The largest absolute Gasteiger partial charge is 0.371 e. The Morgan fingerprint density at radius 2 is 1.62 bits per heavy atom. The molecule has 2 atom stereocenters. The van der Waals surface area contributed by atoms with E-state index >= 15 is 0 Å². The zero-order valence-electron chi connectivity index (χ0n) is 13.7. The van der Waals surface area contributed by atoms with E-state index in [0.29, 0.717) is 11.8 Å². The molecule has 0 radical (unpaired) electrons. The second kappa shape index (κ2) is 5.19. The number of hydrogen-bond donors (Lipinski definition) is 0. The summed E-state index contributed by atoms with van der Waals surface area (Å²) in [5, 5.41) is 5.39. The normalized spacial score (nSPS) is 23.2. The molecule has 0 bridgehead atoms. The Balaban J connectivity index is 1.38. The summed E-state index contributed by atoms with van der Waals surface area (Å²) in [7, 11) is 1.93. The fourth-order valence-corrected chi connectivity index (χ4v) is 4.22. The van der Waals surface area contributed by atoms with Crippen LogP contribution in [0.3, 0.4) is 0 Å². The van der Waals surface area contributed by atoms with Gasteiger partial charge in [-0.2, -0.15) is 5.10 Å². The molecule has 2 unspecified atom stereocenters. The summed E-state index contributed by atoms with van der Waals surface area (Å²) in [5.74, 6) is 2.44. The van der Waals surface area contributed by atoms with Crippen molar-refractivity contribution in [3.63, 3.8) is 0 Å². The summed E-state index contributed by atoms with van der Waals surface area (Å²) < 4.78 is 1.81. The zero-order chi connectivity index (χ0) is 16.1. The van der Waals surface area contributed by atoms with Crippen LogP contribution in [-0.4, -0.2) is 45.9 Å². The van der Waals surface area contributed by atoms with Crippen LogP contribution in [0.2, 0.25) is 0 Å². The molecule has 122 valence electrons. The molecular formula is C18H20N6. The van der Waals surface area contributed by atoms with Crippen LogP contribution in [0.15, 0.2) is 42.9 Å². The minimum atomic E-state index is 0.701. The number of benzene rings is 1. The lowest BCUT2D eigenvalue weighted by Crippen LogP contribution is -2.29. The number of anilines is 2. The van der Waals surface area contributed by atoms with E-state index in [4.69, 9.17) is 0 Å². The van der Waals surface area contributed by atoms with Crippen LogP contribution < -0.4 is 9.80 Å². The maximum atomic E-state index is 4.55. The first-order chi connectivity index (χ1) is 11.8. The number of hydrogen-bond acceptors (Lipinski definition) is 5. The SMILES string of the molecule is Cn1ncc2c(N3CC4CN(c5ccccc5)CC4C3)ncnc21. The van der Waals surface area contributed by atoms with Gasteiger partial charge in [0, 0.05) is 50.7 Å². The van der Waals surface area contributed by atoms with Crippen LogP contribution in [0.5, 0.6) is 0 Å². The highest BCUT2D eigenvalue weighted by Gasteiger charge is 2.41. The topological polar surface area (TPSA) is 50.1 Å². The average Bonchev–Trinajstić information content (AvgIpc) is 3.29. The molecule has 2 fully saturated rings. The number of rotatable bonds is 2. The minimum Gasteiger partial charge on any atom is -0.371 e. The van der Waals surface area contributed by atoms with Crippen molar-refractivity contribution in [1.29, 1.82) is 0 Å². The molecular weight excluding hydrogens is 300 g/mol. The van der Waals surface area contributed by atoms with Crippen molar-refractivity contribution in [3.8, 4) is 0 Å². The third-order valence-electron chi connectivity index (χ3n) is 5.42. The number of aryl methyl sites for hydroxylation is 1. The van der Waals surface area contributed by atoms with Crippen molar-refractivity contribution >= 4 is 22.5 Å². The fraction of sp³-hybridized carbons (Fsp3) is 0.389. The highest BCUT2D eigenvalue weighted by molar-refractivity contribution is 5.86. The first-order valence-electron chi connectivity index (χ1n) is 8.47. The van der Waals surface area contributed by atoms with Gasteiger partial charge in [0.2, 0.25) is 0 Å². The summed E-state index contributed by atoms with van der Waals surface area (Å²) in [6, 6.07) is 10.7. The summed E-state index contributed by atoms with van der Waals surface area (Å²) >= 11 is 0. The Morgan fingerprint density at radius 1 is 0.917 bits per heavy atom. The number of fused-ring (bicyclic) bond motifs is 2. The first-order valence-corrected chi connectivity index (χ1v) is 8.47. The number of aromatic nitrogens is 4. The fourth-order valence-electron chi connectivity index (χ4n) is 4.22. The van der Waals surface area contributed by atoms with Crippen molar-refractivity contribution in [2.45, 2.75) is 0 Å². The summed E-state index contributed by atoms with van der Waals surface area (Å²) in [4.78, 5) is 13.8. The molecule has 0 spiro atoms. The van der Waals surface area contributed by atoms with E-state index < -0.39 is 0 Å². The van der Waals surface area contributed by atoms with Gasteiger partial charge in [-0.25, -0.2) is 9.97 Å². The lowest BCUT2D eigenvalue weighted by atomic mass is 10.0. The molecule has 0 aliphatic carbocycles. The molecule has 2 aliphatic rings. The Labute approximate surface area is 140 Å². The third-order valence-corrected chi connectivity index (χ3v) is 5.42. The van der Waals surface area contributed by atoms with Crippen molar-refractivity contribution in [1.82, 2.24) is 19.7 Å². The van der Waals surface area contributed by atoms with Gasteiger partial charge >= 0.3 is 0 Å². The Morgan fingerprint density at radius 3 is 2.38 bits per heavy atom. The van der Waals surface area contributed by atoms with Crippen molar-refractivity contribution in [3.05, 3.63) is 42.9 Å². The van der Waals surface area contributed by atoms with Crippen LogP contribution in [-0.2, 0) is 7.05 Å². The zero-order valence-corrected chi connectivity index (χ0v) is 13.7. The Hall–Kier alpha value is -2.63. The van der Waals surface area contributed by atoms with E-state index in [1.54, 1.807) is 6.33 Å². The predicted octanol–water partition coefficient (Wildman–Crippen LogP) is 1.94. The van der Waals surface area contributed by atoms with Crippen LogP contribution in [0.25, 0.3) is 11.0 Å². The second-order valence-electron chi connectivity index (χ2n) is 6.87. The standard InChI is InChI=1S/C18H20N6/c1-22-17-16(7-21-22)18(20-12-19-17)24-10-13-8-23(9-14(13)11-24)15-5-3-2-4-6-15/h2-7,12-14H,8-11H2,1H3. The Kier molecular flexibility index (Phi) is 2.98. The third kappa shape index (κ3) is 2.06. The van der Waals surface area contributed by atoms with Gasteiger partial charge in [0.05, 0.1) is 11.6 Å².